The summed E-state index contributed by atoms with van der Waals surface area (Å²) in [5.41, 5.74) is 1.13. The van der Waals surface area contributed by atoms with Gasteiger partial charge in [0.1, 0.15) is 11.3 Å². The number of carbonyl (C=O) groups excluding carboxylic acids is 1. The lowest BCUT2D eigenvalue weighted by molar-refractivity contribution is -0.0626. The van der Waals surface area contributed by atoms with Crippen molar-refractivity contribution in [2.75, 3.05) is 6.61 Å². The average Bonchev–Trinajstić information content (AvgIpc) is 3.13. The first-order valence-corrected chi connectivity index (χ1v) is 8.92. The average molecular weight is 378 g/mol. The Morgan fingerprint density at radius 2 is 2.12 bits per heavy atom. The molecule has 1 fully saturated rings. The molecule has 1 N–H and O–H groups in total. The van der Waals surface area contributed by atoms with Crippen LogP contribution in [0, 0.1) is 0 Å². The van der Waals surface area contributed by atoms with E-state index in [-0.39, 0.29) is 6.04 Å². The highest BCUT2D eigenvalue weighted by molar-refractivity contribution is 6.33. The smallest absolute Gasteiger partial charge is 0.413 e. The zero-order chi connectivity index (χ0) is 19.1. The molecule has 1 atom stereocenters. The number of ether oxygens (including phenoxy) is 2. The quantitative estimate of drug-likeness (QED) is 0.818. The number of H-pyrrole nitrogens is 1. The van der Waals surface area contributed by atoms with Crippen LogP contribution in [0.1, 0.15) is 46.2 Å². The molecular weight excluding hydrogens is 354 g/mol. The van der Waals surface area contributed by atoms with Crippen molar-refractivity contribution < 1.29 is 14.3 Å². The molecule has 3 rings (SSSR count). The van der Waals surface area contributed by atoms with Gasteiger partial charge in [0.15, 0.2) is 0 Å². The number of nitrogens with one attached hydrogen (secondary N) is 1. The van der Waals surface area contributed by atoms with E-state index in [1.807, 2.05) is 58.9 Å². The molecule has 0 unspecified atom stereocenters. The van der Waals surface area contributed by atoms with Crippen molar-refractivity contribution in [3.05, 3.63) is 41.0 Å². The van der Waals surface area contributed by atoms with Crippen molar-refractivity contribution in [2.45, 2.75) is 52.0 Å². The third kappa shape index (κ3) is 3.71. The van der Waals surface area contributed by atoms with Crippen molar-refractivity contribution in [2.24, 2.45) is 0 Å². The first-order chi connectivity index (χ1) is 12.1. The minimum atomic E-state index is -0.765. The summed E-state index contributed by atoms with van der Waals surface area (Å²) in [6.45, 7) is 9.65. The molecule has 7 heteroatoms. The Bertz CT molecular complexity index is 797. The zero-order valence-electron chi connectivity index (χ0n) is 15.7. The molecule has 1 aromatic carbocycles. The monoisotopic (exact) mass is 377 g/mol. The summed E-state index contributed by atoms with van der Waals surface area (Å²) in [4.78, 5) is 14.5. The van der Waals surface area contributed by atoms with Crippen LogP contribution in [0.25, 0.3) is 11.3 Å². The summed E-state index contributed by atoms with van der Waals surface area (Å²) in [5.74, 6) is 0. The van der Waals surface area contributed by atoms with Gasteiger partial charge in [-0.2, -0.15) is 5.10 Å². The van der Waals surface area contributed by atoms with Gasteiger partial charge >= 0.3 is 6.09 Å². The van der Waals surface area contributed by atoms with E-state index in [1.54, 1.807) is 11.1 Å². The van der Waals surface area contributed by atoms with E-state index in [0.29, 0.717) is 11.6 Å². The maximum Gasteiger partial charge on any atom is 0.413 e. The second-order valence-electron chi connectivity index (χ2n) is 7.82. The lowest BCUT2D eigenvalue weighted by atomic mass is 10.0. The molecule has 1 aliphatic heterocycles. The lowest BCUT2D eigenvalue weighted by Gasteiger charge is -2.35. The molecule has 0 radical (unpaired) electrons. The number of hydrogen-bond donors (Lipinski definition) is 1. The fourth-order valence-electron chi connectivity index (χ4n) is 3.06. The summed E-state index contributed by atoms with van der Waals surface area (Å²) in [7, 11) is 0. The van der Waals surface area contributed by atoms with Gasteiger partial charge < -0.3 is 9.47 Å². The highest BCUT2D eigenvalue weighted by atomic mass is 35.5. The van der Waals surface area contributed by atoms with E-state index in [9.17, 15) is 4.79 Å². The number of nitrogens with zero attached hydrogens (tertiary/aromatic N) is 2. The van der Waals surface area contributed by atoms with Gasteiger partial charge in [-0.3, -0.25) is 10.00 Å². The van der Waals surface area contributed by atoms with Crippen LogP contribution in [0.5, 0.6) is 0 Å². The third-order valence-corrected chi connectivity index (χ3v) is 4.56. The molecule has 2 aromatic rings. The van der Waals surface area contributed by atoms with Gasteiger partial charge in [-0.25, -0.2) is 4.79 Å². The van der Waals surface area contributed by atoms with Crippen LogP contribution in [0.4, 0.5) is 4.79 Å². The Hall–Kier alpha value is -2.05. The Morgan fingerprint density at radius 1 is 1.38 bits per heavy atom. The van der Waals surface area contributed by atoms with Gasteiger partial charge in [0, 0.05) is 11.8 Å². The van der Waals surface area contributed by atoms with Gasteiger partial charge in [-0.1, -0.05) is 17.7 Å². The number of amides is 1. The fourth-order valence-corrected chi connectivity index (χ4v) is 3.28. The number of hydrogen-bond acceptors (Lipinski definition) is 4. The predicted octanol–water partition coefficient (Wildman–Crippen LogP) is 4.77. The Labute approximate surface area is 158 Å². The zero-order valence-corrected chi connectivity index (χ0v) is 16.4. The topological polar surface area (TPSA) is 67.5 Å². The molecule has 0 spiro atoms. The Balaban J connectivity index is 1.97. The summed E-state index contributed by atoms with van der Waals surface area (Å²) < 4.78 is 11.5. The van der Waals surface area contributed by atoms with Crippen LogP contribution in [-0.2, 0) is 9.47 Å². The minimum absolute atomic E-state index is 0.269. The van der Waals surface area contributed by atoms with Crippen molar-refractivity contribution in [3.8, 4) is 11.3 Å². The van der Waals surface area contributed by atoms with Gasteiger partial charge in [0.2, 0.25) is 0 Å². The molecule has 1 aliphatic rings. The van der Waals surface area contributed by atoms with Crippen LogP contribution in [0.15, 0.2) is 30.5 Å². The van der Waals surface area contributed by atoms with E-state index in [4.69, 9.17) is 21.1 Å². The molecule has 1 aromatic heterocycles. The Kier molecular flexibility index (Phi) is 4.75. The van der Waals surface area contributed by atoms with Crippen LogP contribution in [0.3, 0.4) is 0 Å². The molecule has 0 bridgehead atoms. The number of rotatable bonds is 2. The number of halogens is 1. The maximum atomic E-state index is 12.8. The summed E-state index contributed by atoms with van der Waals surface area (Å²) in [6, 6.07) is 7.26. The van der Waals surface area contributed by atoms with E-state index in [2.05, 4.69) is 10.2 Å². The van der Waals surface area contributed by atoms with E-state index in [1.165, 1.54) is 0 Å². The number of aromatic nitrogens is 2. The first-order valence-electron chi connectivity index (χ1n) is 8.54. The van der Waals surface area contributed by atoms with Crippen LogP contribution in [0.2, 0.25) is 5.02 Å². The van der Waals surface area contributed by atoms with Gasteiger partial charge in [-0.15, -0.1) is 0 Å². The molecule has 0 saturated carbocycles. The van der Waals surface area contributed by atoms with Crippen LogP contribution < -0.4 is 0 Å². The molecule has 0 aliphatic carbocycles. The van der Waals surface area contributed by atoms with Crippen molar-refractivity contribution in [1.82, 2.24) is 15.1 Å². The number of aromatic amines is 1. The van der Waals surface area contributed by atoms with Crippen molar-refractivity contribution in [3.63, 3.8) is 0 Å². The molecule has 6 nitrogen and oxygen atoms in total. The lowest BCUT2D eigenvalue weighted by Crippen LogP contribution is -2.47. The van der Waals surface area contributed by atoms with Gasteiger partial charge in [0.05, 0.1) is 23.4 Å². The second-order valence-corrected chi connectivity index (χ2v) is 8.23. The largest absolute Gasteiger partial charge is 0.444 e. The first kappa shape index (κ1) is 18.7. The van der Waals surface area contributed by atoms with E-state index >= 15 is 0 Å². The maximum absolute atomic E-state index is 12.8. The highest BCUT2D eigenvalue weighted by Crippen LogP contribution is 2.40. The molecule has 1 saturated heterocycles. The fraction of sp³-hybridized carbons (Fsp3) is 0.474. The van der Waals surface area contributed by atoms with Crippen molar-refractivity contribution in [1.29, 1.82) is 0 Å². The third-order valence-electron chi connectivity index (χ3n) is 4.23. The van der Waals surface area contributed by atoms with Gasteiger partial charge in [0.25, 0.3) is 0 Å². The summed E-state index contributed by atoms with van der Waals surface area (Å²) >= 11 is 6.35. The van der Waals surface area contributed by atoms with Crippen LogP contribution in [-0.4, -0.2) is 39.1 Å². The molecule has 140 valence electrons. The molecule has 2 heterocycles. The summed E-state index contributed by atoms with van der Waals surface area (Å²) in [6.07, 6.45) is 1.34. The standard InChI is InChI=1S/C19H24ClN3O3/c1-18(2,3)26-17(24)23-16(11-25-19(23,4)5)12-6-7-14(20)13(10-12)15-8-9-21-22-15/h6-10,16H,11H2,1-5H3,(H,21,22)/t16-/m1/s1. The number of benzene rings is 1. The predicted molar refractivity (Wildman–Crippen MR) is 99.9 cm³/mol. The molecule has 1 amide bonds. The van der Waals surface area contributed by atoms with Crippen molar-refractivity contribution >= 4 is 17.7 Å². The normalized spacial score (nSPS) is 19.6. The second kappa shape index (κ2) is 6.59. The van der Waals surface area contributed by atoms with E-state index in [0.717, 1.165) is 16.8 Å². The van der Waals surface area contributed by atoms with Gasteiger partial charge in [-0.05, 0) is 58.4 Å². The summed E-state index contributed by atoms with van der Waals surface area (Å²) in [5, 5.41) is 7.59. The molecular formula is C19H24ClN3O3. The number of carbonyl (C=O) groups is 1. The minimum Gasteiger partial charge on any atom is -0.444 e. The Morgan fingerprint density at radius 3 is 2.73 bits per heavy atom. The highest BCUT2D eigenvalue weighted by Gasteiger charge is 2.46. The van der Waals surface area contributed by atoms with Crippen LogP contribution >= 0.6 is 11.6 Å². The van der Waals surface area contributed by atoms with E-state index < -0.39 is 17.4 Å². The molecule has 26 heavy (non-hydrogen) atoms. The SMILES string of the molecule is CC(C)(C)OC(=O)N1[C@@H](c2ccc(Cl)c(-c3cc[nH]n3)c2)COC1(C)C.